The minimum absolute atomic E-state index is 0.0922. The van der Waals surface area contributed by atoms with E-state index in [-0.39, 0.29) is 24.9 Å². The number of nitrogens with zero attached hydrogens (tertiary/aromatic N) is 2. The predicted molar refractivity (Wildman–Crippen MR) is 104 cm³/mol. The number of ether oxygens (including phenoxy) is 4. The summed E-state index contributed by atoms with van der Waals surface area (Å²) in [5.41, 5.74) is 1.61. The van der Waals surface area contributed by atoms with E-state index in [1.807, 2.05) is 30.3 Å². The van der Waals surface area contributed by atoms with Gasteiger partial charge >= 0.3 is 5.97 Å². The van der Waals surface area contributed by atoms with Crippen molar-refractivity contribution in [1.29, 1.82) is 0 Å². The third kappa shape index (κ3) is 5.04. The molecule has 0 aliphatic carbocycles. The van der Waals surface area contributed by atoms with Crippen LogP contribution in [0.15, 0.2) is 47.0 Å². The molecule has 0 bridgehead atoms. The van der Waals surface area contributed by atoms with E-state index in [2.05, 4.69) is 10.1 Å². The number of methoxy groups -OCH3 is 3. The number of hydrogen-bond acceptors (Lipinski definition) is 8. The molecule has 152 valence electrons. The van der Waals surface area contributed by atoms with Crippen LogP contribution in [0, 0.1) is 0 Å². The summed E-state index contributed by atoms with van der Waals surface area (Å²) in [6.07, 6.45) is 0.637. The zero-order valence-electron chi connectivity index (χ0n) is 16.5. The Labute approximate surface area is 168 Å². The summed E-state index contributed by atoms with van der Waals surface area (Å²) in [4.78, 5) is 16.4. The van der Waals surface area contributed by atoms with Gasteiger partial charge in [-0.05, 0) is 30.2 Å². The topological polar surface area (TPSA) is 92.9 Å². The molecule has 0 aliphatic rings. The van der Waals surface area contributed by atoms with Crippen LogP contribution in [0.2, 0.25) is 0 Å². The van der Waals surface area contributed by atoms with Gasteiger partial charge in [-0.2, -0.15) is 4.98 Å². The van der Waals surface area contributed by atoms with Crippen molar-refractivity contribution in [3.05, 3.63) is 53.9 Å². The van der Waals surface area contributed by atoms with E-state index in [0.717, 1.165) is 11.1 Å². The molecule has 0 saturated heterocycles. The predicted octanol–water partition coefficient (Wildman–Crippen LogP) is 3.44. The van der Waals surface area contributed by atoms with Gasteiger partial charge in [-0.1, -0.05) is 29.4 Å². The fraction of sp³-hybridized carbons (Fsp3) is 0.286. The molecule has 0 fully saturated rings. The van der Waals surface area contributed by atoms with Gasteiger partial charge in [-0.25, -0.2) is 0 Å². The standard InChI is InChI=1S/C21H22N2O6/c1-25-16-8-4-7-15(12-16)21-22-18(29-23-21)13-28-19(24)11-10-14-6-5-9-17(26-2)20(14)27-3/h4-9,12H,10-11,13H2,1-3H3. The number of carbonyl (C=O) groups excluding carboxylic acids is 1. The lowest BCUT2D eigenvalue weighted by Gasteiger charge is -2.12. The first-order valence-electron chi connectivity index (χ1n) is 8.97. The fourth-order valence-electron chi connectivity index (χ4n) is 2.79. The molecule has 8 nitrogen and oxygen atoms in total. The van der Waals surface area contributed by atoms with Gasteiger partial charge in [-0.3, -0.25) is 4.79 Å². The second kappa shape index (κ2) is 9.59. The molecule has 0 N–H and O–H groups in total. The Kier molecular flexibility index (Phi) is 6.67. The molecular weight excluding hydrogens is 376 g/mol. The van der Waals surface area contributed by atoms with Crippen molar-refractivity contribution < 1.29 is 28.3 Å². The molecule has 0 amide bonds. The normalized spacial score (nSPS) is 10.4. The number of para-hydroxylation sites is 1. The average molecular weight is 398 g/mol. The number of esters is 1. The highest BCUT2D eigenvalue weighted by Crippen LogP contribution is 2.31. The molecule has 0 radical (unpaired) electrons. The van der Waals surface area contributed by atoms with Gasteiger partial charge in [0.05, 0.1) is 21.3 Å². The molecule has 3 aromatic rings. The van der Waals surface area contributed by atoms with E-state index < -0.39 is 0 Å². The molecule has 0 atom stereocenters. The van der Waals surface area contributed by atoms with Crippen LogP contribution in [0.1, 0.15) is 17.9 Å². The van der Waals surface area contributed by atoms with Crippen LogP contribution in [0.5, 0.6) is 17.2 Å². The van der Waals surface area contributed by atoms with E-state index in [4.69, 9.17) is 23.5 Å². The van der Waals surface area contributed by atoms with Crippen molar-refractivity contribution in [2.45, 2.75) is 19.4 Å². The van der Waals surface area contributed by atoms with E-state index in [0.29, 0.717) is 29.5 Å². The van der Waals surface area contributed by atoms with Gasteiger partial charge in [0.2, 0.25) is 5.82 Å². The Morgan fingerprint density at radius 3 is 2.62 bits per heavy atom. The molecule has 0 spiro atoms. The highest BCUT2D eigenvalue weighted by Gasteiger charge is 2.14. The summed E-state index contributed by atoms with van der Waals surface area (Å²) in [6.45, 7) is -0.0922. The van der Waals surface area contributed by atoms with Crippen LogP contribution >= 0.6 is 0 Å². The first-order chi connectivity index (χ1) is 14.1. The van der Waals surface area contributed by atoms with Crippen molar-refractivity contribution in [2.75, 3.05) is 21.3 Å². The minimum Gasteiger partial charge on any atom is -0.497 e. The highest BCUT2D eigenvalue weighted by atomic mass is 16.6. The molecule has 0 saturated carbocycles. The third-order valence-corrected chi connectivity index (χ3v) is 4.24. The molecule has 1 heterocycles. The van der Waals surface area contributed by atoms with Crippen LogP contribution in [-0.4, -0.2) is 37.4 Å². The van der Waals surface area contributed by atoms with Gasteiger partial charge in [-0.15, -0.1) is 0 Å². The molecule has 2 aromatic carbocycles. The number of benzene rings is 2. The number of rotatable bonds is 9. The lowest BCUT2D eigenvalue weighted by molar-refractivity contribution is -0.145. The van der Waals surface area contributed by atoms with Crippen molar-refractivity contribution in [2.24, 2.45) is 0 Å². The summed E-state index contributed by atoms with van der Waals surface area (Å²) in [5.74, 6) is 2.16. The van der Waals surface area contributed by atoms with Gasteiger partial charge < -0.3 is 23.5 Å². The molecule has 8 heteroatoms. The summed E-state index contributed by atoms with van der Waals surface area (Å²) >= 11 is 0. The summed E-state index contributed by atoms with van der Waals surface area (Å²) in [7, 11) is 4.72. The van der Waals surface area contributed by atoms with E-state index >= 15 is 0 Å². The van der Waals surface area contributed by atoms with E-state index in [1.165, 1.54) is 0 Å². The van der Waals surface area contributed by atoms with Crippen molar-refractivity contribution in [1.82, 2.24) is 10.1 Å². The molecule has 1 aromatic heterocycles. The van der Waals surface area contributed by atoms with Crippen molar-refractivity contribution in [3.63, 3.8) is 0 Å². The van der Waals surface area contributed by atoms with Gasteiger partial charge in [0.15, 0.2) is 18.1 Å². The smallest absolute Gasteiger partial charge is 0.306 e. The zero-order valence-corrected chi connectivity index (χ0v) is 16.5. The lowest BCUT2D eigenvalue weighted by Crippen LogP contribution is -2.07. The second-order valence-electron chi connectivity index (χ2n) is 6.06. The number of carbonyl (C=O) groups is 1. The Bertz CT molecular complexity index is 969. The minimum atomic E-state index is -0.379. The summed E-state index contributed by atoms with van der Waals surface area (Å²) in [5, 5.41) is 3.91. The van der Waals surface area contributed by atoms with Crippen LogP contribution in [-0.2, 0) is 22.6 Å². The summed E-state index contributed by atoms with van der Waals surface area (Å²) < 4.78 is 26.2. The van der Waals surface area contributed by atoms with E-state index in [9.17, 15) is 4.79 Å². The van der Waals surface area contributed by atoms with Gasteiger partial charge in [0.25, 0.3) is 5.89 Å². The Morgan fingerprint density at radius 1 is 1.03 bits per heavy atom. The van der Waals surface area contributed by atoms with Crippen molar-refractivity contribution >= 4 is 5.97 Å². The fourth-order valence-corrected chi connectivity index (χ4v) is 2.79. The zero-order chi connectivity index (χ0) is 20.6. The van der Waals surface area contributed by atoms with Crippen LogP contribution in [0.3, 0.4) is 0 Å². The maximum Gasteiger partial charge on any atom is 0.306 e. The number of aryl methyl sites for hydroxylation is 1. The Balaban J connectivity index is 1.55. The average Bonchev–Trinajstić information content (AvgIpc) is 3.25. The first-order valence-corrected chi connectivity index (χ1v) is 8.97. The summed E-state index contributed by atoms with van der Waals surface area (Å²) in [6, 6.07) is 12.8. The Hall–Kier alpha value is -3.55. The number of aromatic nitrogens is 2. The third-order valence-electron chi connectivity index (χ3n) is 4.24. The maximum absolute atomic E-state index is 12.1. The molecule has 0 unspecified atom stereocenters. The van der Waals surface area contributed by atoms with E-state index in [1.54, 1.807) is 33.5 Å². The monoisotopic (exact) mass is 398 g/mol. The molecule has 0 aliphatic heterocycles. The van der Waals surface area contributed by atoms with Gasteiger partial charge in [0.1, 0.15) is 5.75 Å². The second-order valence-corrected chi connectivity index (χ2v) is 6.06. The molecule has 29 heavy (non-hydrogen) atoms. The number of hydrogen-bond donors (Lipinski definition) is 0. The van der Waals surface area contributed by atoms with Gasteiger partial charge in [0, 0.05) is 12.0 Å². The molecule has 3 rings (SSSR count). The largest absolute Gasteiger partial charge is 0.497 e. The maximum atomic E-state index is 12.1. The quantitative estimate of drug-likeness (QED) is 0.506. The van der Waals surface area contributed by atoms with Crippen LogP contribution in [0.4, 0.5) is 0 Å². The Morgan fingerprint density at radius 2 is 1.86 bits per heavy atom. The van der Waals surface area contributed by atoms with Crippen LogP contribution in [0.25, 0.3) is 11.4 Å². The highest BCUT2D eigenvalue weighted by molar-refractivity contribution is 5.70. The lowest BCUT2D eigenvalue weighted by atomic mass is 10.1. The molecular formula is C21H22N2O6. The van der Waals surface area contributed by atoms with Crippen LogP contribution < -0.4 is 14.2 Å². The first kappa shape index (κ1) is 20.2. The SMILES string of the molecule is COc1cccc(-c2noc(COC(=O)CCc3cccc(OC)c3OC)n2)c1. The van der Waals surface area contributed by atoms with Crippen molar-refractivity contribution in [3.8, 4) is 28.6 Å².